The van der Waals surface area contributed by atoms with Crippen LogP contribution in [0.3, 0.4) is 0 Å². The van der Waals surface area contributed by atoms with E-state index in [1.165, 1.54) is 11.3 Å². The van der Waals surface area contributed by atoms with Gasteiger partial charge >= 0.3 is 0 Å². The monoisotopic (exact) mass is 356 g/mol. The van der Waals surface area contributed by atoms with E-state index < -0.39 is 15.4 Å². The average Bonchev–Trinajstić information content (AvgIpc) is 3.09. The summed E-state index contributed by atoms with van der Waals surface area (Å²) < 4.78 is 23.3. The van der Waals surface area contributed by atoms with E-state index in [2.05, 4.69) is 10.3 Å². The number of rotatable bonds is 3. The molecule has 0 bridgehead atoms. The zero-order chi connectivity index (χ0) is 16.0. The molecule has 0 saturated carbocycles. The van der Waals surface area contributed by atoms with Gasteiger partial charge in [-0.3, -0.25) is 4.79 Å². The molecule has 2 aromatic heterocycles. The Bertz CT molecular complexity index is 809. The van der Waals surface area contributed by atoms with Crippen LogP contribution in [0.2, 0.25) is 0 Å². The van der Waals surface area contributed by atoms with Crippen molar-refractivity contribution in [2.45, 2.75) is 25.8 Å². The number of sulfone groups is 1. The topological polar surface area (TPSA) is 76.1 Å². The molecule has 1 saturated heterocycles. The zero-order valence-corrected chi connectivity index (χ0v) is 14.7. The smallest absolute Gasteiger partial charge is 0.263 e. The van der Waals surface area contributed by atoms with Crippen LogP contribution in [0, 0.1) is 6.92 Å². The number of amides is 1. The third-order valence-electron chi connectivity index (χ3n) is 3.69. The Morgan fingerprint density at radius 3 is 2.82 bits per heavy atom. The molecule has 0 aromatic carbocycles. The number of nitrogens with one attached hydrogen (secondary N) is 1. The first-order valence-corrected chi connectivity index (χ1v) is 10.4. The van der Waals surface area contributed by atoms with Crippen molar-refractivity contribution >= 4 is 38.4 Å². The molecule has 1 atom stereocenters. The number of aryl methyl sites for hydroxylation is 1. The van der Waals surface area contributed by atoms with Crippen molar-refractivity contribution in [3.63, 3.8) is 0 Å². The van der Waals surface area contributed by atoms with Crippen LogP contribution < -0.4 is 5.32 Å². The molecule has 1 fully saturated rings. The average molecular weight is 356 g/mol. The fraction of sp³-hybridized carbons (Fsp3) is 0.429. The number of thiophene rings is 1. The molecule has 22 heavy (non-hydrogen) atoms. The lowest BCUT2D eigenvalue weighted by Gasteiger charge is -2.23. The van der Waals surface area contributed by atoms with Crippen molar-refractivity contribution in [1.82, 2.24) is 10.3 Å². The maximum absolute atomic E-state index is 12.5. The SMILES string of the molecule is Cc1nc(-c2ccsc2)sc1C(=O)NC1(C)CCS(=O)(=O)C1. The molecule has 0 spiro atoms. The Morgan fingerprint density at radius 1 is 1.45 bits per heavy atom. The predicted octanol–water partition coefficient (Wildman–Crippen LogP) is 2.49. The molecule has 0 aliphatic carbocycles. The van der Waals surface area contributed by atoms with Crippen LogP contribution in [0.1, 0.15) is 28.7 Å². The van der Waals surface area contributed by atoms with E-state index >= 15 is 0 Å². The predicted molar refractivity (Wildman–Crippen MR) is 89.3 cm³/mol. The van der Waals surface area contributed by atoms with Crippen molar-refractivity contribution < 1.29 is 13.2 Å². The van der Waals surface area contributed by atoms with Crippen LogP contribution in [-0.2, 0) is 9.84 Å². The molecular weight excluding hydrogens is 340 g/mol. The Kier molecular flexibility index (Phi) is 3.86. The van der Waals surface area contributed by atoms with E-state index in [-0.39, 0.29) is 17.4 Å². The normalized spacial score (nSPS) is 23.5. The second-order valence-electron chi connectivity index (χ2n) is 5.80. The first-order valence-electron chi connectivity index (χ1n) is 6.81. The first kappa shape index (κ1) is 15.6. The summed E-state index contributed by atoms with van der Waals surface area (Å²) in [6.07, 6.45) is 0.455. The second-order valence-corrected chi connectivity index (χ2v) is 9.77. The molecule has 2 aromatic rings. The lowest BCUT2D eigenvalue weighted by Crippen LogP contribution is -2.46. The Balaban J connectivity index is 1.81. The molecule has 1 N–H and O–H groups in total. The fourth-order valence-electron chi connectivity index (χ4n) is 2.56. The molecule has 0 radical (unpaired) electrons. The van der Waals surface area contributed by atoms with Crippen molar-refractivity contribution in [2.24, 2.45) is 0 Å². The van der Waals surface area contributed by atoms with E-state index in [9.17, 15) is 13.2 Å². The van der Waals surface area contributed by atoms with E-state index in [1.807, 2.05) is 16.8 Å². The summed E-state index contributed by atoms with van der Waals surface area (Å²) in [5, 5.41) is 7.65. The highest BCUT2D eigenvalue weighted by atomic mass is 32.2. The van der Waals surface area contributed by atoms with Crippen LogP contribution in [-0.4, -0.2) is 36.4 Å². The fourth-order valence-corrected chi connectivity index (χ4v) is 6.32. The summed E-state index contributed by atoms with van der Waals surface area (Å²) >= 11 is 2.92. The maximum atomic E-state index is 12.5. The van der Waals surface area contributed by atoms with Gasteiger partial charge in [0.2, 0.25) is 0 Å². The van der Waals surface area contributed by atoms with Crippen molar-refractivity contribution in [1.29, 1.82) is 0 Å². The zero-order valence-electron chi connectivity index (χ0n) is 12.3. The van der Waals surface area contributed by atoms with Gasteiger partial charge in [-0.05, 0) is 31.7 Å². The van der Waals surface area contributed by atoms with Gasteiger partial charge in [0.05, 0.1) is 22.7 Å². The highest BCUT2D eigenvalue weighted by molar-refractivity contribution is 7.91. The van der Waals surface area contributed by atoms with Crippen LogP contribution in [0.25, 0.3) is 10.6 Å². The van der Waals surface area contributed by atoms with Gasteiger partial charge < -0.3 is 5.32 Å². The van der Waals surface area contributed by atoms with E-state index in [4.69, 9.17) is 0 Å². The summed E-state index contributed by atoms with van der Waals surface area (Å²) in [7, 11) is -3.05. The molecule has 118 valence electrons. The van der Waals surface area contributed by atoms with Crippen LogP contribution in [0.5, 0.6) is 0 Å². The van der Waals surface area contributed by atoms with Gasteiger partial charge in [0, 0.05) is 10.9 Å². The summed E-state index contributed by atoms with van der Waals surface area (Å²) in [4.78, 5) is 17.5. The molecule has 8 heteroatoms. The Labute approximate surface area is 137 Å². The minimum Gasteiger partial charge on any atom is -0.345 e. The number of thiazole rings is 1. The number of hydrogen-bond donors (Lipinski definition) is 1. The highest BCUT2D eigenvalue weighted by Crippen LogP contribution is 2.30. The number of carbonyl (C=O) groups is 1. The van der Waals surface area contributed by atoms with E-state index in [0.29, 0.717) is 17.0 Å². The maximum Gasteiger partial charge on any atom is 0.263 e. The Morgan fingerprint density at radius 2 is 2.23 bits per heavy atom. The standard InChI is InChI=1S/C14H16N2O3S3/c1-9-11(21-13(15-9)10-3-5-20-7-10)12(17)16-14(2)4-6-22(18,19)8-14/h3,5,7H,4,6,8H2,1-2H3,(H,16,17). The van der Waals surface area contributed by atoms with Crippen LogP contribution in [0.15, 0.2) is 16.8 Å². The third-order valence-corrected chi connectivity index (χ3v) is 7.48. The highest BCUT2D eigenvalue weighted by Gasteiger charge is 2.40. The summed E-state index contributed by atoms with van der Waals surface area (Å²) in [6.45, 7) is 3.58. The molecule has 1 aliphatic heterocycles. The molecule has 5 nitrogen and oxygen atoms in total. The van der Waals surface area contributed by atoms with E-state index in [1.54, 1.807) is 25.2 Å². The minimum absolute atomic E-state index is 0.000971. The van der Waals surface area contributed by atoms with Gasteiger partial charge in [-0.15, -0.1) is 11.3 Å². The quantitative estimate of drug-likeness (QED) is 0.917. The minimum atomic E-state index is -3.05. The lowest BCUT2D eigenvalue weighted by atomic mass is 10.0. The van der Waals surface area contributed by atoms with Gasteiger partial charge in [0.25, 0.3) is 5.91 Å². The molecule has 3 heterocycles. The van der Waals surface area contributed by atoms with Gasteiger partial charge in [-0.25, -0.2) is 13.4 Å². The van der Waals surface area contributed by atoms with Crippen LogP contribution in [0.4, 0.5) is 0 Å². The largest absolute Gasteiger partial charge is 0.345 e. The number of nitrogens with zero attached hydrogens (tertiary/aromatic N) is 1. The number of hydrogen-bond acceptors (Lipinski definition) is 6. The van der Waals surface area contributed by atoms with Crippen molar-refractivity contribution in [2.75, 3.05) is 11.5 Å². The third kappa shape index (κ3) is 3.09. The van der Waals surface area contributed by atoms with Gasteiger partial charge in [0.15, 0.2) is 9.84 Å². The summed E-state index contributed by atoms with van der Waals surface area (Å²) in [6, 6.07) is 1.97. The molecule has 1 amide bonds. The van der Waals surface area contributed by atoms with Crippen LogP contribution >= 0.6 is 22.7 Å². The number of carbonyl (C=O) groups excluding carboxylic acids is 1. The molecule has 1 unspecified atom stereocenters. The van der Waals surface area contributed by atoms with Gasteiger partial charge in [0.1, 0.15) is 9.88 Å². The second kappa shape index (κ2) is 5.43. The number of aromatic nitrogens is 1. The lowest BCUT2D eigenvalue weighted by molar-refractivity contribution is 0.0919. The van der Waals surface area contributed by atoms with Gasteiger partial charge in [-0.1, -0.05) is 0 Å². The van der Waals surface area contributed by atoms with E-state index in [0.717, 1.165) is 10.6 Å². The van der Waals surface area contributed by atoms with Gasteiger partial charge in [-0.2, -0.15) is 11.3 Å². The van der Waals surface area contributed by atoms with Crippen molar-refractivity contribution in [3.8, 4) is 10.6 Å². The first-order chi connectivity index (χ1) is 10.3. The molecular formula is C14H16N2O3S3. The van der Waals surface area contributed by atoms with Crippen molar-refractivity contribution in [3.05, 3.63) is 27.4 Å². The molecule has 1 aliphatic rings. The Hall–Kier alpha value is -1.25. The molecule has 3 rings (SSSR count). The summed E-state index contributed by atoms with van der Waals surface area (Å²) in [5.41, 5.74) is 0.995. The summed E-state index contributed by atoms with van der Waals surface area (Å²) in [5.74, 6) is -0.108.